The fraction of sp³-hybridized carbons (Fsp3) is 0.455. The molecule has 2 aromatic rings. The van der Waals surface area contributed by atoms with E-state index in [9.17, 15) is 19.2 Å². The van der Waals surface area contributed by atoms with Gasteiger partial charge in [0, 0.05) is 10.8 Å². The van der Waals surface area contributed by atoms with Gasteiger partial charge in [0.05, 0.1) is 11.2 Å². The van der Waals surface area contributed by atoms with Crippen LogP contribution >= 0.6 is 34.6 Å². The van der Waals surface area contributed by atoms with Gasteiger partial charge in [-0.1, -0.05) is 9.64 Å². The Morgan fingerprint density at radius 2 is 2.02 bits per heavy atom. The second-order valence-corrected chi connectivity index (χ2v) is 11.8. The number of thioether (sulfide) groups is 1. The smallest absolute Gasteiger partial charge is 0.361 e. The van der Waals surface area contributed by atoms with Crippen LogP contribution in [0.5, 0.6) is 0 Å². The van der Waals surface area contributed by atoms with Crippen molar-refractivity contribution in [1.29, 1.82) is 0 Å². The first-order valence-corrected chi connectivity index (χ1v) is 14.3. The van der Waals surface area contributed by atoms with Gasteiger partial charge >= 0.3 is 11.9 Å². The molecule has 2 amide bonds. The van der Waals surface area contributed by atoms with Crippen LogP contribution in [-0.4, -0.2) is 80.0 Å². The Balaban J connectivity index is 1.50. The normalized spacial score (nSPS) is 18.9. The van der Waals surface area contributed by atoms with Gasteiger partial charge in [-0.25, -0.2) is 9.78 Å². The molecule has 15 nitrogen and oxygen atoms in total. The van der Waals surface area contributed by atoms with E-state index in [2.05, 4.69) is 25.0 Å². The number of β-lactam (4-membered cyclic amide) rings is 1. The van der Waals surface area contributed by atoms with Crippen LogP contribution in [0.25, 0.3) is 0 Å². The van der Waals surface area contributed by atoms with Crippen LogP contribution in [0.1, 0.15) is 32.2 Å². The zero-order valence-electron chi connectivity index (χ0n) is 21.7. The molecule has 0 aliphatic carbocycles. The van der Waals surface area contributed by atoms with E-state index in [0.29, 0.717) is 5.69 Å². The van der Waals surface area contributed by atoms with E-state index in [1.54, 1.807) is 26.2 Å². The van der Waals surface area contributed by atoms with Crippen molar-refractivity contribution >= 4 is 69.2 Å². The third kappa shape index (κ3) is 6.34. The number of oxime groups is 1. The van der Waals surface area contributed by atoms with Gasteiger partial charge in [0.15, 0.2) is 16.5 Å². The molecular weight excluding hydrogens is 586 g/mol. The Morgan fingerprint density at radius 1 is 1.25 bits per heavy atom. The highest BCUT2D eigenvalue weighted by molar-refractivity contribution is 8.00. The third-order valence-corrected chi connectivity index (χ3v) is 7.85. The second kappa shape index (κ2) is 12.2. The zero-order chi connectivity index (χ0) is 29.0. The number of anilines is 1. The fourth-order valence-electron chi connectivity index (χ4n) is 3.42. The van der Waals surface area contributed by atoms with Crippen LogP contribution in [0.3, 0.4) is 0 Å². The molecule has 2 aromatic heterocycles. The summed E-state index contributed by atoms with van der Waals surface area (Å²) in [5, 5.41) is 13.0. The number of nitrogens with zero attached hydrogens (tertiary/aromatic N) is 5. The number of hydrogen-bond donors (Lipinski definition) is 2. The summed E-state index contributed by atoms with van der Waals surface area (Å²) in [6.07, 6.45) is 0. The van der Waals surface area contributed by atoms with Gasteiger partial charge in [-0.2, -0.15) is 0 Å². The number of carbonyl (C=O) groups excluding carboxylic acids is 4. The molecule has 0 saturated carbocycles. The molecule has 0 spiro atoms. The summed E-state index contributed by atoms with van der Waals surface area (Å²) in [6, 6.07) is -0.999. The monoisotopic (exact) mass is 611 g/mol. The van der Waals surface area contributed by atoms with Crippen LogP contribution in [0.2, 0.25) is 0 Å². The van der Waals surface area contributed by atoms with Crippen molar-refractivity contribution in [2.75, 3.05) is 25.4 Å². The fourth-order valence-corrected chi connectivity index (χ4v) is 5.68. The summed E-state index contributed by atoms with van der Waals surface area (Å²) in [5.41, 5.74) is 5.25. The van der Waals surface area contributed by atoms with Crippen molar-refractivity contribution in [2.45, 2.75) is 38.8 Å². The molecule has 214 valence electrons. The van der Waals surface area contributed by atoms with E-state index in [-0.39, 0.29) is 40.4 Å². The van der Waals surface area contributed by atoms with Gasteiger partial charge < -0.3 is 30.1 Å². The van der Waals surface area contributed by atoms with Gasteiger partial charge in [-0.15, -0.1) is 28.2 Å². The molecule has 40 heavy (non-hydrogen) atoms. The Bertz CT molecular complexity index is 1350. The molecular formula is C22H25N7O8S3. The molecule has 0 radical (unpaired) electrons. The molecule has 0 aromatic carbocycles. The molecule has 3 N–H and O–H groups in total. The predicted molar refractivity (Wildman–Crippen MR) is 143 cm³/mol. The minimum atomic E-state index is -0.999. The number of thiazole rings is 1. The quantitative estimate of drug-likeness (QED) is 0.126. The number of aromatic nitrogens is 3. The zero-order valence-corrected chi connectivity index (χ0v) is 24.2. The third-order valence-electron chi connectivity index (χ3n) is 5.37. The maximum absolute atomic E-state index is 13.2. The van der Waals surface area contributed by atoms with Crippen molar-refractivity contribution in [3.8, 4) is 0 Å². The molecule has 4 rings (SSSR count). The maximum atomic E-state index is 13.2. The molecule has 18 heteroatoms. The molecule has 1 saturated heterocycles. The summed E-state index contributed by atoms with van der Waals surface area (Å²) in [6.45, 7) is 4.31. The number of ether oxygens (including phenoxy) is 3. The second-order valence-electron chi connectivity index (χ2n) is 9.24. The van der Waals surface area contributed by atoms with Gasteiger partial charge in [-0.05, 0) is 32.3 Å². The number of esters is 2. The van der Waals surface area contributed by atoms with E-state index in [1.165, 1.54) is 29.2 Å². The summed E-state index contributed by atoms with van der Waals surface area (Å²) in [4.78, 5) is 61.4. The first-order chi connectivity index (χ1) is 19.0. The minimum Gasteiger partial charge on any atom is -0.488 e. The number of nitrogens with one attached hydrogen (secondary N) is 1. The van der Waals surface area contributed by atoms with Gasteiger partial charge in [0.2, 0.25) is 6.79 Å². The molecule has 2 aliphatic rings. The largest absolute Gasteiger partial charge is 0.488 e. The van der Waals surface area contributed by atoms with Crippen molar-refractivity contribution in [1.82, 2.24) is 24.8 Å². The van der Waals surface area contributed by atoms with Crippen molar-refractivity contribution in [3.63, 3.8) is 0 Å². The predicted octanol–water partition coefficient (Wildman–Crippen LogP) is 0.846. The summed E-state index contributed by atoms with van der Waals surface area (Å²) < 4.78 is 19.8. The van der Waals surface area contributed by atoms with Crippen LogP contribution in [-0.2, 0) is 44.8 Å². The lowest BCUT2D eigenvalue weighted by molar-refractivity contribution is -0.173. The average molecular weight is 612 g/mol. The van der Waals surface area contributed by atoms with E-state index in [4.69, 9.17) is 24.8 Å². The summed E-state index contributed by atoms with van der Waals surface area (Å²) >= 11 is 3.51. The first kappa shape index (κ1) is 29.2. The lowest BCUT2D eigenvalue weighted by Gasteiger charge is -2.49. The maximum Gasteiger partial charge on any atom is 0.361 e. The molecule has 2 aliphatic heterocycles. The van der Waals surface area contributed by atoms with Gasteiger partial charge in [0.25, 0.3) is 11.8 Å². The van der Waals surface area contributed by atoms with Crippen LogP contribution in [0.4, 0.5) is 5.13 Å². The first-order valence-electron chi connectivity index (χ1n) is 11.6. The Hall–Kier alpha value is -3.77. The SMILES string of the molecule is CO/N=C(\C(=O)N[C@@H]1C(=O)N2C(C(=O)OCOC(=O)C(C)(C)C)=C(OCc3csnn3)CS[C@@H]12)c1csc(N)n1. The highest BCUT2D eigenvalue weighted by atomic mass is 32.2. The van der Waals surface area contributed by atoms with Gasteiger partial charge in [-0.3, -0.25) is 19.3 Å². The number of nitrogen functional groups attached to an aromatic ring is 1. The van der Waals surface area contributed by atoms with Crippen molar-refractivity contribution in [2.24, 2.45) is 10.6 Å². The Labute approximate surface area is 240 Å². The molecule has 0 unspecified atom stereocenters. The number of rotatable bonds is 10. The minimum absolute atomic E-state index is 0.00264. The van der Waals surface area contributed by atoms with E-state index < -0.39 is 47.4 Å². The number of carbonyl (C=O) groups is 4. The molecule has 1 fully saturated rings. The summed E-state index contributed by atoms with van der Waals surface area (Å²) in [7, 11) is 1.26. The molecule has 0 bridgehead atoms. The van der Waals surface area contributed by atoms with E-state index in [1.807, 2.05) is 0 Å². The lowest BCUT2D eigenvalue weighted by atomic mass is 9.98. The highest BCUT2D eigenvalue weighted by Crippen LogP contribution is 2.41. The average Bonchev–Trinajstić information content (AvgIpc) is 3.59. The number of fused-ring (bicyclic) bond motifs is 1. The van der Waals surface area contributed by atoms with E-state index >= 15 is 0 Å². The number of hydrogen-bond acceptors (Lipinski definition) is 16. The molecule has 4 heterocycles. The van der Waals surface area contributed by atoms with Crippen molar-refractivity contribution in [3.05, 3.63) is 33.6 Å². The van der Waals surface area contributed by atoms with E-state index in [0.717, 1.165) is 22.9 Å². The molecule has 2 atom stereocenters. The van der Waals surface area contributed by atoms with Crippen molar-refractivity contribution < 1.29 is 38.2 Å². The van der Waals surface area contributed by atoms with Crippen LogP contribution < -0.4 is 11.1 Å². The number of nitrogens with two attached hydrogens (primary N) is 1. The highest BCUT2D eigenvalue weighted by Gasteiger charge is 2.55. The number of amides is 2. The lowest BCUT2D eigenvalue weighted by Crippen LogP contribution is -2.71. The van der Waals surface area contributed by atoms with Gasteiger partial charge in [0.1, 0.15) is 42.3 Å². The summed E-state index contributed by atoms with van der Waals surface area (Å²) in [5.74, 6) is -2.47. The topological polar surface area (TPSA) is 198 Å². The van der Waals surface area contributed by atoms with Crippen LogP contribution in [0.15, 0.2) is 27.4 Å². The van der Waals surface area contributed by atoms with Crippen LogP contribution in [0, 0.1) is 5.41 Å². The Kier molecular flexibility index (Phi) is 8.89. The Morgan fingerprint density at radius 3 is 2.65 bits per heavy atom. The standard InChI is InChI=1S/C22H25N7O8S3/c1-22(2,3)20(33)37-9-36-19(32)15-12(35-5-10-6-40-28-26-10)8-38-18-14(17(31)29(15)18)25-16(30)13(27-34-4)11-7-39-21(23)24-11/h6-7,14,18H,5,8-9H2,1-4H3,(H2,23,24)(H,25,30)/b27-13-/t14-,18+/m1/s1.